The van der Waals surface area contributed by atoms with Gasteiger partial charge in [0.1, 0.15) is 16.6 Å². The fraction of sp³-hybridized carbons (Fsp3) is 0.389. The van der Waals surface area contributed by atoms with Crippen LogP contribution < -0.4 is 15.0 Å². The maximum atomic E-state index is 14.8. The monoisotopic (exact) mass is 474 g/mol. The Kier molecular flexibility index (Phi) is 4.95. The Morgan fingerprint density at radius 2 is 1.84 bits per heavy atom. The molecule has 172 valence electrons. The lowest BCUT2D eigenvalue weighted by atomic mass is 9.87. The number of nitrogens with zero attached hydrogens (tertiary/aromatic N) is 4. The first kappa shape index (κ1) is 22.0. The number of aryl methyl sites for hydroxylation is 1. The molecule has 3 heterocycles. The highest BCUT2D eigenvalue weighted by atomic mass is 32.2. The molecule has 1 aromatic heterocycles. The van der Waals surface area contributed by atoms with Gasteiger partial charge in [-0.1, -0.05) is 0 Å². The van der Waals surface area contributed by atoms with E-state index in [1.807, 2.05) is 0 Å². The number of rotatable bonds is 3. The molecule has 0 saturated carbocycles. The summed E-state index contributed by atoms with van der Waals surface area (Å²) in [6.45, 7) is 0.707. The maximum absolute atomic E-state index is 14.8. The summed E-state index contributed by atoms with van der Waals surface area (Å²) < 4.78 is 88.5. The molecule has 1 aromatic carbocycles. The lowest BCUT2D eigenvalue weighted by Crippen LogP contribution is -2.67. The van der Waals surface area contributed by atoms with E-state index < -0.39 is 55.6 Å². The predicted molar refractivity (Wildman–Crippen MR) is 105 cm³/mol. The summed E-state index contributed by atoms with van der Waals surface area (Å²) in [5.74, 6) is -5.89. The number of hydrogen-bond donors (Lipinski definition) is 2. The van der Waals surface area contributed by atoms with Gasteiger partial charge in [0.2, 0.25) is 27.7 Å². The van der Waals surface area contributed by atoms with Gasteiger partial charge < -0.3 is 15.0 Å². The molecule has 2 atom stereocenters. The van der Waals surface area contributed by atoms with Gasteiger partial charge in [-0.05, 0) is 13.0 Å². The Bertz CT molecular complexity index is 1240. The third kappa shape index (κ3) is 3.04. The number of ether oxygens (including phenoxy) is 1. The standard InChI is InChI=1S/C18H18F4N6O3S/c1-8-14(22)15(31-3)25-17(24-8)28-6-13-18(7-28,26-16(23)27(2)32(13,29)30)9-4-11(20)12(21)5-10(9)19/h4-5,13H,6-7H2,1-3H3,(H2,23,26)/t13-,18-/m1/s1. The topological polar surface area (TPSA) is 112 Å². The average molecular weight is 474 g/mol. The third-order valence-corrected chi connectivity index (χ3v) is 7.93. The van der Waals surface area contributed by atoms with E-state index in [2.05, 4.69) is 15.3 Å². The Morgan fingerprint density at radius 3 is 2.50 bits per heavy atom. The highest BCUT2D eigenvalue weighted by Gasteiger charge is 2.61. The lowest BCUT2D eigenvalue weighted by molar-refractivity contribution is 0.359. The SMILES string of the molecule is COc1nc(N2C[C@@H]3[C@](c4cc(F)c(F)cc4F)(C2)NC(=N)N(C)S3(=O)=O)nc(C)c1F. The molecule has 0 aliphatic carbocycles. The summed E-state index contributed by atoms with van der Waals surface area (Å²) in [6, 6.07) is 0.885. The molecule has 14 heteroatoms. The van der Waals surface area contributed by atoms with Crippen molar-refractivity contribution in [3.8, 4) is 5.88 Å². The highest BCUT2D eigenvalue weighted by molar-refractivity contribution is 7.90. The number of methoxy groups -OCH3 is 1. The molecule has 2 fully saturated rings. The number of guanidine groups is 1. The average Bonchev–Trinajstić information content (AvgIpc) is 3.12. The van der Waals surface area contributed by atoms with Crippen LogP contribution in [0.15, 0.2) is 12.1 Å². The van der Waals surface area contributed by atoms with Crippen LogP contribution in [0.4, 0.5) is 23.5 Å². The number of nitrogens with one attached hydrogen (secondary N) is 2. The first-order valence-corrected chi connectivity index (χ1v) is 10.7. The number of sulfonamides is 1. The molecular formula is C18H18F4N6O3S. The van der Waals surface area contributed by atoms with Crippen molar-refractivity contribution in [2.75, 3.05) is 32.1 Å². The van der Waals surface area contributed by atoms with E-state index in [0.717, 1.165) is 7.05 Å². The molecule has 2 aromatic rings. The molecule has 0 spiro atoms. The Labute approximate surface area is 180 Å². The number of hydrogen-bond acceptors (Lipinski definition) is 7. The van der Waals surface area contributed by atoms with Crippen LogP contribution in [0.2, 0.25) is 0 Å². The van der Waals surface area contributed by atoms with Gasteiger partial charge in [-0.2, -0.15) is 9.37 Å². The van der Waals surface area contributed by atoms with Gasteiger partial charge in [-0.25, -0.2) is 30.9 Å². The normalized spacial score (nSPS) is 24.3. The van der Waals surface area contributed by atoms with E-state index in [-0.39, 0.29) is 30.6 Å². The summed E-state index contributed by atoms with van der Waals surface area (Å²) >= 11 is 0. The largest absolute Gasteiger partial charge is 0.479 e. The molecule has 0 radical (unpaired) electrons. The number of halogens is 4. The first-order chi connectivity index (χ1) is 14.9. The van der Waals surface area contributed by atoms with Crippen molar-refractivity contribution < 1.29 is 30.7 Å². The Morgan fingerprint density at radius 1 is 1.19 bits per heavy atom. The molecule has 4 rings (SSSR count). The third-order valence-electron chi connectivity index (χ3n) is 5.72. The number of fused-ring (bicyclic) bond motifs is 1. The minimum Gasteiger partial charge on any atom is -0.479 e. The van der Waals surface area contributed by atoms with Crippen LogP contribution in [-0.2, 0) is 15.6 Å². The van der Waals surface area contributed by atoms with Crippen LogP contribution in [0.1, 0.15) is 11.3 Å². The van der Waals surface area contributed by atoms with Crippen LogP contribution in [0.3, 0.4) is 0 Å². The fourth-order valence-electron chi connectivity index (χ4n) is 4.04. The van der Waals surface area contributed by atoms with E-state index in [4.69, 9.17) is 10.1 Å². The van der Waals surface area contributed by atoms with Gasteiger partial charge in [0.05, 0.1) is 12.8 Å². The molecule has 2 N–H and O–H groups in total. The smallest absolute Gasteiger partial charge is 0.255 e. The minimum absolute atomic E-state index is 0.0737. The van der Waals surface area contributed by atoms with Crippen molar-refractivity contribution in [2.24, 2.45) is 0 Å². The van der Waals surface area contributed by atoms with E-state index in [9.17, 15) is 26.0 Å². The summed E-state index contributed by atoms with van der Waals surface area (Å²) in [4.78, 5) is 9.31. The van der Waals surface area contributed by atoms with Gasteiger partial charge in [-0.3, -0.25) is 5.41 Å². The van der Waals surface area contributed by atoms with Crippen molar-refractivity contribution in [2.45, 2.75) is 17.7 Å². The number of aromatic nitrogens is 2. The van der Waals surface area contributed by atoms with E-state index in [1.165, 1.54) is 18.9 Å². The van der Waals surface area contributed by atoms with Crippen molar-refractivity contribution in [1.29, 1.82) is 5.41 Å². The van der Waals surface area contributed by atoms with Gasteiger partial charge in [0.25, 0.3) is 5.88 Å². The second kappa shape index (κ2) is 7.18. The molecular weight excluding hydrogens is 456 g/mol. The van der Waals surface area contributed by atoms with Crippen molar-refractivity contribution in [3.05, 3.63) is 46.7 Å². The minimum atomic E-state index is -4.25. The molecule has 2 aliphatic rings. The summed E-state index contributed by atoms with van der Waals surface area (Å²) in [5.41, 5.74) is -2.42. The molecule has 32 heavy (non-hydrogen) atoms. The summed E-state index contributed by atoms with van der Waals surface area (Å²) in [6.07, 6.45) is 0. The quantitative estimate of drug-likeness (QED) is 0.509. The maximum Gasteiger partial charge on any atom is 0.255 e. The van der Waals surface area contributed by atoms with Crippen LogP contribution in [0, 0.1) is 35.6 Å². The summed E-state index contributed by atoms with van der Waals surface area (Å²) in [7, 11) is -1.92. The molecule has 2 saturated heterocycles. The van der Waals surface area contributed by atoms with Gasteiger partial charge in [-0.15, -0.1) is 0 Å². The number of benzene rings is 1. The van der Waals surface area contributed by atoms with E-state index in [0.29, 0.717) is 16.4 Å². The molecule has 0 unspecified atom stereocenters. The van der Waals surface area contributed by atoms with Crippen molar-refractivity contribution >= 4 is 21.9 Å². The zero-order chi connectivity index (χ0) is 23.6. The Hall–Kier alpha value is -3.16. The van der Waals surface area contributed by atoms with Crippen molar-refractivity contribution in [3.63, 3.8) is 0 Å². The number of anilines is 1. The van der Waals surface area contributed by atoms with Crippen molar-refractivity contribution in [1.82, 2.24) is 19.6 Å². The lowest BCUT2D eigenvalue weighted by Gasteiger charge is -2.43. The Balaban J connectivity index is 1.92. The zero-order valence-electron chi connectivity index (χ0n) is 17.1. The highest BCUT2D eigenvalue weighted by Crippen LogP contribution is 2.43. The molecule has 0 amide bonds. The van der Waals surface area contributed by atoms with Crippen LogP contribution in [0.25, 0.3) is 0 Å². The second-order valence-electron chi connectivity index (χ2n) is 7.51. The van der Waals surface area contributed by atoms with Crippen LogP contribution in [-0.4, -0.2) is 61.1 Å². The van der Waals surface area contributed by atoms with Gasteiger partial charge in [0, 0.05) is 31.8 Å². The first-order valence-electron chi connectivity index (χ1n) is 9.25. The zero-order valence-corrected chi connectivity index (χ0v) is 17.9. The van der Waals surface area contributed by atoms with Crippen LogP contribution in [0.5, 0.6) is 5.88 Å². The molecule has 9 nitrogen and oxygen atoms in total. The van der Waals surface area contributed by atoms with E-state index in [1.54, 1.807) is 0 Å². The predicted octanol–water partition coefficient (Wildman–Crippen LogP) is 1.23. The summed E-state index contributed by atoms with van der Waals surface area (Å²) in [5, 5.41) is 9.28. The van der Waals surface area contributed by atoms with Gasteiger partial charge >= 0.3 is 0 Å². The van der Waals surface area contributed by atoms with E-state index >= 15 is 0 Å². The second-order valence-corrected chi connectivity index (χ2v) is 9.65. The molecule has 0 bridgehead atoms. The van der Waals surface area contributed by atoms with Crippen LogP contribution >= 0.6 is 0 Å². The van der Waals surface area contributed by atoms with Gasteiger partial charge in [0.15, 0.2) is 11.6 Å². The molecule has 2 aliphatic heterocycles. The fourth-order valence-corrected chi connectivity index (χ4v) is 5.86.